The van der Waals surface area contributed by atoms with Gasteiger partial charge in [-0.1, -0.05) is 12.1 Å². The number of rotatable bonds is 4. The molecular weight excluding hydrogens is 412 g/mol. The lowest BCUT2D eigenvalue weighted by Crippen LogP contribution is -2.47. The highest BCUT2D eigenvalue weighted by molar-refractivity contribution is 9.10. The van der Waals surface area contributed by atoms with Crippen LogP contribution in [-0.2, 0) is 11.3 Å². The zero-order chi connectivity index (χ0) is 19.1. The SMILES string of the molecule is CC(C(=O)NCc1cn2cc(Br)ccc2n1)N1C(=O)c2ccccc2C1=O. The number of imide groups is 1. The molecule has 0 aliphatic carbocycles. The molecule has 1 N–H and O–H groups in total. The molecule has 4 rings (SSSR count). The number of amides is 3. The fourth-order valence-corrected chi connectivity index (χ4v) is 3.46. The van der Waals surface area contributed by atoms with Crippen LogP contribution in [0.4, 0.5) is 0 Å². The zero-order valence-electron chi connectivity index (χ0n) is 14.3. The van der Waals surface area contributed by atoms with Crippen molar-refractivity contribution < 1.29 is 14.4 Å². The van der Waals surface area contributed by atoms with E-state index < -0.39 is 23.8 Å². The van der Waals surface area contributed by atoms with E-state index in [9.17, 15) is 14.4 Å². The van der Waals surface area contributed by atoms with Crippen LogP contribution in [0.25, 0.3) is 5.65 Å². The number of carbonyl (C=O) groups is 3. The summed E-state index contributed by atoms with van der Waals surface area (Å²) in [5.74, 6) is -1.31. The average molecular weight is 427 g/mol. The maximum Gasteiger partial charge on any atom is 0.262 e. The van der Waals surface area contributed by atoms with Crippen LogP contribution >= 0.6 is 15.9 Å². The quantitative estimate of drug-likeness (QED) is 0.649. The van der Waals surface area contributed by atoms with Gasteiger partial charge in [0.1, 0.15) is 11.7 Å². The molecule has 136 valence electrons. The number of hydrogen-bond acceptors (Lipinski definition) is 4. The van der Waals surface area contributed by atoms with Crippen molar-refractivity contribution in [1.82, 2.24) is 19.6 Å². The summed E-state index contributed by atoms with van der Waals surface area (Å²) in [6.07, 6.45) is 3.68. The van der Waals surface area contributed by atoms with Gasteiger partial charge in [-0.15, -0.1) is 0 Å². The van der Waals surface area contributed by atoms with Gasteiger partial charge in [0.25, 0.3) is 11.8 Å². The second-order valence-electron chi connectivity index (χ2n) is 6.26. The van der Waals surface area contributed by atoms with E-state index >= 15 is 0 Å². The van der Waals surface area contributed by atoms with Crippen LogP contribution < -0.4 is 5.32 Å². The third-order valence-corrected chi connectivity index (χ3v) is 4.97. The largest absolute Gasteiger partial charge is 0.349 e. The van der Waals surface area contributed by atoms with Gasteiger partial charge in [0.05, 0.1) is 23.4 Å². The van der Waals surface area contributed by atoms with Gasteiger partial charge in [-0.3, -0.25) is 19.3 Å². The Bertz CT molecular complexity index is 1060. The molecule has 2 aromatic heterocycles. The molecule has 3 heterocycles. The summed E-state index contributed by atoms with van der Waals surface area (Å²) in [6, 6.07) is 9.40. The number of pyridine rings is 1. The van der Waals surface area contributed by atoms with E-state index in [1.54, 1.807) is 24.3 Å². The molecule has 27 heavy (non-hydrogen) atoms. The summed E-state index contributed by atoms with van der Waals surface area (Å²) in [5.41, 5.74) is 2.09. The van der Waals surface area contributed by atoms with E-state index in [0.717, 1.165) is 15.0 Å². The topological polar surface area (TPSA) is 83.8 Å². The Morgan fingerprint density at radius 3 is 2.44 bits per heavy atom. The molecule has 3 aromatic rings. The minimum Gasteiger partial charge on any atom is -0.349 e. The van der Waals surface area contributed by atoms with Crippen molar-refractivity contribution in [3.05, 3.63) is 70.1 Å². The smallest absolute Gasteiger partial charge is 0.262 e. The normalized spacial score (nSPS) is 14.5. The van der Waals surface area contributed by atoms with E-state index in [1.165, 1.54) is 6.92 Å². The molecule has 1 atom stereocenters. The van der Waals surface area contributed by atoms with Crippen LogP contribution in [0.2, 0.25) is 0 Å². The van der Waals surface area contributed by atoms with Crippen molar-refractivity contribution in [2.45, 2.75) is 19.5 Å². The molecule has 1 unspecified atom stereocenters. The second-order valence-corrected chi connectivity index (χ2v) is 7.18. The highest BCUT2D eigenvalue weighted by atomic mass is 79.9. The summed E-state index contributed by atoms with van der Waals surface area (Å²) in [5, 5.41) is 2.75. The number of carbonyl (C=O) groups excluding carboxylic acids is 3. The predicted molar refractivity (Wildman–Crippen MR) is 101 cm³/mol. The van der Waals surface area contributed by atoms with Gasteiger partial charge in [0.15, 0.2) is 0 Å². The maximum atomic E-state index is 12.5. The summed E-state index contributed by atoms with van der Waals surface area (Å²) in [7, 11) is 0. The van der Waals surface area contributed by atoms with Gasteiger partial charge < -0.3 is 9.72 Å². The molecule has 0 saturated heterocycles. The first-order valence-corrected chi connectivity index (χ1v) is 9.13. The first-order chi connectivity index (χ1) is 13.0. The number of imidazole rings is 1. The molecule has 3 amide bonds. The van der Waals surface area contributed by atoms with Gasteiger partial charge in [0.2, 0.25) is 5.91 Å². The van der Waals surface area contributed by atoms with Crippen LogP contribution in [0.15, 0.2) is 53.3 Å². The van der Waals surface area contributed by atoms with Crippen molar-refractivity contribution in [1.29, 1.82) is 0 Å². The van der Waals surface area contributed by atoms with E-state index in [0.29, 0.717) is 16.8 Å². The summed E-state index contributed by atoms with van der Waals surface area (Å²) in [4.78, 5) is 42.9. The molecule has 0 saturated carbocycles. The molecule has 1 aromatic carbocycles. The summed E-state index contributed by atoms with van der Waals surface area (Å²) in [6.45, 7) is 1.74. The van der Waals surface area contributed by atoms with Gasteiger partial charge in [-0.2, -0.15) is 0 Å². The number of nitrogens with one attached hydrogen (secondary N) is 1. The van der Waals surface area contributed by atoms with Crippen molar-refractivity contribution in [3.63, 3.8) is 0 Å². The third-order valence-electron chi connectivity index (χ3n) is 4.50. The molecule has 8 heteroatoms. The highest BCUT2D eigenvalue weighted by Crippen LogP contribution is 2.24. The van der Waals surface area contributed by atoms with Crippen molar-refractivity contribution in [3.8, 4) is 0 Å². The highest BCUT2D eigenvalue weighted by Gasteiger charge is 2.40. The summed E-state index contributed by atoms with van der Waals surface area (Å²) >= 11 is 3.40. The Morgan fingerprint density at radius 1 is 1.11 bits per heavy atom. The van der Waals surface area contributed by atoms with Crippen molar-refractivity contribution in [2.24, 2.45) is 0 Å². The second kappa shape index (κ2) is 6.62. The number of hydrogen-bond donors (Lipinski definition) is 1. The molecule has 0 bridgehead atoms. The monoisotopic (exact) mass is 426 g/mol. The van der Waals surface area contributed by atoms with Gasteiger partial charge in [-0.05, 0) is 47.1 Å². The van der Waals surface area contributed by atoms with Gasteiger partial charge >= 0.3 is 0 Å². The van der Waals surface area contributed by atoms with Crippen LogP contribution in [0, 0.1) is 0 Å². The fourth-order valence-electron chi connectivity index (χ4n) is 3.10. The number of aromatic nitrogens is 2. The lowest BCUT2D eigenvalue weighted by atomic mass is 10.1. The minimum atomic E-state index is -0.913. The van der Waals surface area contributed by atoms with E-state index in [1.807, 2.05) is 28.9 Å². The van der Waals surface area contributed by atoms with E-state index in [4.69, 9.17) is 0 Å². The molecule has 0 spiro atoms. The molecule has 1 aliphatic heterocycles. The number of nitrogens with zero attached hydrogens (tertiary/aromatic N) is 3. The average Bonchev–Trinajstić information content (AvgIpc) is 3.18. The Morgan fingerprint density at radius 2 is 1.78 bits per heavy atom. The molecule has 7 nitrogen and oxygen atoms in total. The summed E-state index contributed by atoms with van der Waals surface area (Å²) < 4.78 is 2.77. The third kappa shape index (κ3) is 3.02. The maximum absolute atomic E-state index is 12.5. The number of benzene rings is 1. The first kappa shape index (κ1) is 17.4. The Labute approximate surface area is 163 Å². The Kier molecular flexibility index (Phi) is 4.27. The predicted octanol–water partition coefficient (Wildman–Crippen LogP) is 2.40. The van der Waals surface area contributed by atoms with Crippen molar-refractivity contribution in [2.75, 3.05) is 0 Å². The van der Waals surface area contributed by atoms with Crippen LogP contribution in [0.5, 0.6) is 0 Å². The molecular formula is C19H15BrN4O3. The Hall–Kier alpha value is -3.00. The minimum absolute atomic E-state index is 0.200. The Balaban J connectivity index is 1.46. The lowest BCUT2D eigenvalue weighted by molar-refractivity contribution is -0.124. The van der Waals surface area contributed by atoms with Crippen LogP contribution in [0.3, 0.4) is 0 Å². The van der Waals surface area contributed by atoms with Crippen LogP contribution in [-0.4, -0.2) is 38.0 Å². The van der Waals surface area contributed by atoms with E-state index in [-0.39, 0.29) is 6.54 Å². The molecule has 0 radical (unpaired) electrons. The zero-order valence-corrected chi connectivity index (χ0v) is 15.9. The molecule has 1 aliphatic rings. The van der Waals surface area contributed by atoms with Crippen molar-refractivity contribution >= 4 is 39.3 Å². The lowest BCUT2D eigenvalue weighted by Gasteiger charge is -2.21. The number of fused-ring (bicyclic) bond motifs is 2. The molecule has 0 fully saturated rings. The first-order valence-electron chi connectivity index (χ1n) is 8.33. The van der Waals surface area contributed by atoms with E-state index in [2.05, 4.69) is 26.2 Å². The standard InChI is InChI=1S/C19H15BrN4O3/c1-11(24-18(26)14-4-2-3-5-15(14)19(24)27)17(25)21-8-13-10-23-9-12(20)6-7-16(23)22-13/h2-7,9-11H,8H2,1H3,(H,21,25). The fraction of sp³-hybridized carbons (Fsp3) is 0.158. The van der Waals surface area contributed by atoms with Gasteiger partial charge in [-0.25, -0.2) is 4.98 Å². The van der Waals surface area contributed by atoms with Gasteiger partial charge in [0, 0.05) is 16.9 Å². The van der Waals surface area contributed by atoms with Crippen LogP contribution in [0.1, 0.15) is 33.3 Å². The number of halogens is 1.